The highest BCUT2D eigenvalue weighted by Crippen LogP contribution is 2.26. The first-order chi connectivity index (χ1) is 24.3. The van der Waals surface area contributed by atoms with Gasteiger partial charge in [0.15, 0.2) is 5.82 Å². The second-order valence-corrected chi connectivity index (χ2v) is 13.3. The largest absolute Gasteiger partial charge is 0.378 e. The molecule has 0 spiro atoms. The number of piperidine rings is 1. The van der Waals surface area contributed by atoms with Crippen LogP contribution in [0.3, 0.4) is 0 Å². The van der Waals surface area contributed by atoms with E-state index in [4.69, 9.17) is 19.7 Å². The van der Waals surface area contributed by atoms with Crippen LogP contribution in [-0.4, -0.2) is 127 Å². The van der Waals surface area contributed by atoms with E-state index < -0.39 is 6.03 Å². The number of ether oxygens (including phenoxy) is 1. The van der Waals surface area contributed by atoms with Gasteiger partial charge in [-0.1, -0.05) is 19.8 Å². The van der Waals surface area contributed by atoms with Crippen molar-refractivity contribution in [1.82, 2.24) is 29.7 Å². The van der Waals surface area contributed by atoms with Gasteiger partial charge in [0, 0.05) is 89.0 Å². The van der Waals surface area contributed by atoms with Crippen molar-refractivity contribution in [1.29, 1.82) is 0 Å². The standard InChI is InChI=1S/C36H48N10O4/c1-4-5-26-14-16-43(17-15-26)32(47)28-8-12-30(13-9-28)38-35(48)37-29-10-6-27(7-11-29)31-39-33(41-34(40-31)45-22-24-50-25-23-45)44-18-20-46(21-19-44)36(49)42(2)3/h6-13,26H,4-5,14-25H2,1-3H3,(H2,37,38,48). The number of urea groups is 2. The van der Waals surface area contributed by atoms with Crippen LogP contribution < -0.4 is 20.4 Å². The Morgan fingerprint density at radius 2 is 1.30 bits per heavy atom. The van der Waals surface area contributed by atoms with E-state index >= 15 is 0 Å². The van der Waals surface area contributed by atoms with E-state index in [2.05, 4.69) is 27.4 Å². The quantitative estimate of drug-likeness (QED) is 0.352. The van der Waals surface area contributed by atoms with E-state index in [1.165, 1.54) is 12.8 Å². The number of anilines is 4. The second kappa shape index (κ2) is 16.2. The Kier molecular flexibility index (Phi) is 11.3. The predicted molar refractivity (Wildman–Crippen MR) is 194 cm³/mol. The van der Waals surface area contributed by atoms with Crippen molar-refractivity contribution in [3.05, 3.63) is 54.1 Å². The Balaban J connectivity index is 1.08. The highest BCUT2D eigenvalue weighted by molar-refractivity contribution is 6.00. The Morgan fingerprint density at radius 3 is 1.86 bits per heavy atom. The van der Waals surface area contributed by atoms with Crippen molar-refractivity contribution in [2.75, 3.05) is 100 Å². The number of carbonyl (C=O) groups excluding carboxylic acids is 3. The first-order valence-electron chi connectivity index (χ1n) is 17.6. The summed E-state index contributed by atoms with van der Waals surface area (Å²) >= 11 is 0. The number of carbonyl (C=O) groups is 3. The molecule has 4 heterocycles. The highest BCUT2D eigenvalue weighted by atomic mass is 16.5. The third-order valence-electron chi connectivity index (χ3n) is 9.51. The van der Waals surface area contributed by atoms with E-state index in [0.717, 1.165) is 37.4 Å². The molecule has 0 bridgehead atoms. The lowest BCUT2D eigenvalue weighted by molar-refractivity contribution is 0.0686. The van der Waals surface area contributed by atoms with Gasteiger partial charge in [0.25, 0.3) is 5.91 Å². The van der Waals surface area contributed by atoms with Crippen molar-refractivity contribution >= 4 is 41.2 Å². The molecular weight excluding hydrogens is 636 g/mol. The molecule has 5 amide bonds. The van der Waals surface area contributed by atoms with Crippen LogP contribution in [-0.2, 0) is 4.74 Å². The minimum Gasteiger partial charge on any atom is -0.378 e. The lowest BCUT2D eigenvalue weighted by atomic mass is 9.92. The van der Waals surface area contributed by atoms with Crippen LogP contribution in [0.25, 0.3) is 11.4 Å². The summed E-state index contributed by atoms with van der Waals surface area (Å²) in [6.07, 6.45) is 4.54. The van der Waals surface area contributed by atoms with Gasteiger partial charge in [-0.3, -0.25) is 4.79 Å². The number of rotatable bonds is 8. The Morgan fingerprint density at radius 1 is 0.740 bits per heavy atom. The first-order valence-corrected chi connectivity index (χ1v) is 17.6. The Labute approximate surface area is 293 Å². The zero-order valence-corrected chi connectivity index (χ0v) is 29.3. The molecule has 0 unspecified atom stereocenters. The summed E-state index contributed by atoms with van der Waals surface area (Å²) in [6.45, 7) is 8.75. The molecule has 2 N–H and O–H groups in total. The normalized spacial score (nSPS) is 17.0. The zero-order chi connectivity index (χ0) is 35.0. The van der Waals surface area contributed by atoms with Gasteiger partial charge in [-0.2, -0.15) is 15.0 Å². The summed E-state index contributed by atoms with van der Waals surface area (Å²) in [5.41, 5.74) is 2.61. The van der Waals surface area contributed by atoms with Crippen molar-refractivity contribution in [2.24, 2.45) is 5.92 Å². The molecule has 0 atom stereocenters. The van der Waals surface area contributed by atoms with Crippen molar-refractivity contribution in [2.45, 2.75) is 32.6 Å². The Bertz CT molecular complexity index is 1610. The van der Waals surface area contributed by atoms with Gasteiger partial charge in [0.2, 0.25) is 11.9 Å². The molecule has 3 aliphatic rings. The molecule has 2 aromatic carbocycles. The number of nitrogens with one attached hydrogen (secondary N) is 2. The average molecular weight is 685 g/mol. The van der Waals surface area contributed by atoms with E-state index in [1.807, 2.05) is 34.1 Å². The molecule has 1 aromatic heterocycles. The summed E-state index contributed by atoms with van der Waals surface area (Å²) in [4.78, 5) is 62.4. The third-order valence-corrected chi connectivity index (χ3v) is 9.51. The van der Waals surface area contributed by atoms with Crippen molar-refractivity contribution < 1.29 is 19.1 Å². The number of morpholine rings is 1. The third kappa shape index (κ3) is 8.59. The van der Waals surface area contributed by atoms with Gasteiger partial charge in [-0.25, -0.2) is 9.59 Å². The molecule has 6 rings (SSSR count). The summed E-state index contributed by atoms with van der Waals surface area (Å²) in [5, 5.41) is 5.73. The maximum atomic E-state index is 13.0. The highest BCUT2D eigenvalue weighted by Gasteiger charge is 2.26. The molecule has 0 saturated carbocycles. The van der Waals surface area contributed by atoms with Gasteiger partial charge < -0.3 is 39.9 Å². The molecule has 0 radical (unpaired) electrons. The van der Waals surface area contributed by atoms with E-state index in [-0.39, 0.29) is 11.9 Å². The van der Waals surface area contributed by atoms with Crippen LogP contribution >= 0.6 is 0 Å². The molecule has 14 nitrogen and oxygen atoms in total. The fourth-order valence-electron chi connectivity index (χ4n) is 6.62. The van der Waals surface area contributed by atoms with E-state index in [0.29, 0.717) is 87.1 Å². The topological polar surface area (TPSA) is 139 Å². The maximum Gasteiger partial charge on any atom is 0.323 e. The molecule has 3 aliphatic heterocycles. The van der Waals surface area contributed by atoms with Gasteiger partial charge in [0.05, 0.1) is 13.2 Å². The van der Waals surface area contributed by atoms with Crippen LogP contribution in [0, 0.1) is 5.92 Å². The van der Waals surface area contributed by atoms with Crippen molar-refractivity contribution in [3.8, 4) is 11.4 Å². The maximum absolute atomic E-state index is 13.0. The van der Waals surface area contributed by atoms with E-state index in [9.17, 15) is 14.4 Å². The number of hydrogen-bond donors (Lipinski definition) is 2. The number of benzene rings is 2. The van der Waals surface area contributed by atoms with Gasteiger partial charge in [0.1, 0.15) is 0 Å². The predicted octanol–water partition coefficient (Wildman–Crippen LogP) is 4.48. The van der Waals surface area contributed by atoms with Crippen LogP contribution in [0.4, 0.5) is 32.9 Å². The monoisotopic (exact) mass is 684 g/mol. The number of amides is 5. The fourth-order valence-corrected chi connectivity index (χ4v) is 6.62. The van der Waals surface area contributed by atoms with E-state index in [1.54, 1.807) is 43.3 Å². The minimum atomic E-state index is -0.390. The molecule has 266 valence electrons. The van der Waals surface area contributed by atoms with Crippen LogP contribution in [0.15, 0.2) is 48.5 Å². The molecule has 3 fully saturated rings. The minimum absolute atomic E-state index is 0.00429. The molecule has 50 heavy (non-hydrogen) atoms. The zero-order valence-electron chi connectivity index (χ0n) is 29.3. The molecule has 3 saturated heterocycles. The molecule has 14 heteroatoms. The number of hydrogen-bond acceptors (Lipinski definition) is 9. The second-order valence-electron chi connectivity index (χ2n) is 13.3. The fraction of sp³-hybridized carbons (Fsp3) is 0.500. The summed E-state index contributed by atoms with van der Waals surface area (Å²) < 4.78 is 5.55. The average Bonchev–Trinajstić information content (AvgIpc) is 3.15. The first kappa shape index (κ1) is 34.9. The van der Waals surface area contributed by atoms with Gasteiger partial charge >= 0.3 is 12.1 Å². The number of likely N-dealkylation sites (tertiary alicyclic amines) is 1. The van der Waals surface area contributed by atoms with Crippen LogP contribution in [0.2, 0.25) is 0 Å². The summed E-state index contributed by atoms with van der Waals surface area (Å²) in [7, 11) is 3.52. The van der Waals surface area contributed by atoms with Gasteiger partial charge in [-0.15, -0.1) is 0 Å². The summed E-state index contributed by atoms with van der Waals surface area (Å²) in [5.74, 6) is 2.44. The number of nitrogens with zero attached hydrogens (tertiary/aromatic N) is 8. The number of piperazine rings is 1. The SMILES string of the molecule is CCCC1CCN(C(=O)c2ccc(NC(=O)Nc3ccc(-c4nc(N5CCOCC5)nc(N5CCN(C(=O)N(C)C)CC5)n4)cc3)cc2)CC1. The smallest absolute Gasteiger partial charge is 0.323 e. The summed E-state index contributed by atoms with van der Waals surface area (Å²) in [6, 6.07) is 14.0. The molecule has 0 aliphatic carbocycles. The lowest BCUT2D eigenvalue weighted by Gasteiger charge is -2.36. The lowest BCUT2D eigenvalue weighted by Crippen LogP contribution is -2.52. The molecule has 3 aromatic rings. The Hall–Kier alpha value is -4.98. The van der Waals surface area contributed by atoms with Crippen LogP contribution in [0.5, 0.6) is 0 Å². The number of aromatic nitrogens is 3. The van der Waals surface area contributed by atoms with Crippen molar-refractivity contribution in [3.63, 3.8) is 0 Å². The van der Waals surface area contributed by atoms with Gasteiger partial charge in [-0.05, 0) is 67.3 Å². The van der Waals surface area contributed by atoms with Crippen LogP contribution in [0.1, 0.15) is 43.0 Å². The molecular formula is C36H48N10O4.